The van der Waals surface area contributed by atoms with Crippen LogP contribution in [0.15, 0.2) is 0 Å². The third kappa shape index (κ3) is 2.66. The van der Waals surface area contributed by atoms with Gasteiger partial charge in [-0.25, -0.2) is 0 Å². The van der Waals surface area contributed by atoms with Crippen LogP contribution in [0.3, 0.4) is 0 Å². The van der Waals surface area contributed by atoms with Gasteiger partial charge in [0.15, 0.2) is 0 Å². The van der Waals surface area contributed by atoms with Crippen LogP contribution in [0.5, 0.6) is 0 Å². The van der Waals surface area contributed by atoms with Crippen LogP contribution < -0.4 is 11.1 Å². The van der Waals surface area contributed by atoms with Crippen molar-refractivity contribution in [3.63, 3.8) is 0 Å². The standard InChI is InChI=1S/C10H21N3/c11-10-2-1-5-13(8-10)7-9-3-4-12-6-9/h9-10,12H,1-8,11H2/t9?,10-/m0/s1. The highest BCUT2D eigenvalue weighted by Gasteiger charge is 2.21. The second kappa shape index (κ2) is 4.40. The Labute approximate surface area is 80.7 Å². The van der Waals surface area contributed by atoms with Gasteiger partial charge >= 0.3 is 0 Å². The van der Waals surface area contributed by atoms with Crippen LogP contribution in [0.1, 0.15) is 19.3 Å². The monoisotopic (exact) mass is 183 g/mol. The molecular weight excluding hydrogens is 162 g/mol. The van der Waals surface area contributed by atoms with E-state index in [0.717, 1.165) is 12.5 Å². The molecule has 0 radical (unpaired) electrons. The average molecular weight is 183 g/mol. The number of nitrogens with two attached hydrogens (primary N) is 1. The lowest BCUT2D eigenvalue weighted by Gasteiger charge is -2.32. The van der Waals surface area contributed by atoms with Gasteiger partial charge in [0, 0.05) is 19.1 Å². The number of likely N-dealkylation sites (tertiary alicyclic amines) is 1. The van der Waals surface area contributed by atoms with Crippen molar-refractivity contribution in [1.29, 1.82) is 0 Å². The van der Waals surface area contributed by atoms with Gasteiger partial charge in [0.2, 0.25) is 0 Å². The third-order valence-electron chi connectivity index (χ3n) is 3.22. The van der Waals surface area contributed by atoms with Crippen LogP contribution in [0, 0.1) is 5.92 Å². The quantitative estimate of drug-likeness (QED) is 0.634. The molecule has 13 heavy (non-hydrogen) atoms. The second-order valence-corrected chi connectivity index (χ2v) is 4.52. The number of piperidine rings is 1. The summed E-state index contributed by atoms with van der Waals surface area (Å²) >= 11 is 0. The lowest BCUT2D eigenvalue weighted by atomic mass is 10.0. The summed E-state index contributed by atoms with van der Waals surface area (Å²) in [5.41, 5.74) is 5.94. The zero-order valence-electron chi connectivity index (χ0n) is 8.34. The third-order valence-corrected chi connectivity index (χ3v) is 3.22. The molecule has 0 bridgehead atoms. The Hall–Kier alpha value is -0.120. The van der Waals surface area contributed by atoms with Crippen molar-refractivity contribution in [2.24, 2.45) is 11.7 Å². The minimum Gasteiger partial charge on any atom is -0.327 e. The molecule has 2 saturated heterocycles. The summed E-state index contributed by atoms with van der Waals surface area (Å²) in [5, 5.41) is 3.42. The first-order valence-electron chi connectivity index (χ1n) is 5.53. The minimum atomic E-state index is 0.433. The Bertz CT molecular complexity index is 154. The van der Waals surface area contributed by atoms with Gasteiger partial charge in [0.1, 0.15) is 0 Å². The SMILES string of the molecule is N[C@H]1CCCN(CC2CCNC2)C1. The highest BCUT2D eigenvalue weighted by Crippen LogP contribution is 2.14. The van der Waals surface area contributed by atoms with E-state index in [1.165, 1.54) is 45.4 Å². The molecule has 0 aromatic carbocycles. The molecule has 1 unspecified atom stereocenters. The highest BCUT2D eigenvalue weighted by molar-refractivity contribution is 4.80. The second-order valence-electron chi connectivity index (χ2n) is 4.52. The van der Waals surface area contributed by atoms with Gasteiger partial charge in [-0.2, -0.15) is 0 Å². The van der Waals surface area contributed by atoms with Gasteiger partial charge in [0.25, 0.3) is 0 Å². The van der Waals surface area contributed by atoms with Gasteiger partial charge < -0.3 is 16.0 Å². The molecule has 0 aliphatic carbocycles. The van der Waals surface area contributed by atoms with E-state index in [4.69, 9.17) is 5.73 Å². The minimum absolute atomic E-state index is 0.433. The molecule has 2 aliphatic rings. The smallest absolute Gasteiger partial charge is 0.0168 e. The predicted octanol–water partition coefficient (Wildman–Crippen LogP) is 0.0190. The van der Waals surface area contributed by atoms with E-state index in [2.05, 4.69) is 10.2 Å². The molecular formula is C10H21N3. The van der Waals surface area contributed by atoms with E-state index in [1.54, 1.807) is 0 Å². The summed E-state index contributed by atoms with van der Waals surface area (Å²) in [5.74, 6) is 0.880. The average Bonchev–Trinajstić information content (AvgIpc) is 2.57. The molecule has 2 heterocycles. The van der Waals surface area contributed by atoms with Crippen molar-refractivity contribution >= 4 is 0 Å². The zero-order valence-corrected chi connectivity index (χ0v) is 8.34. The number of nitrogens with one attached hydrogen (secondary N) is 1. The molecule has 2 rings (SSSR count). The lowest BCUT2D eigenvalue weighted by molar-refractivity contribution is 0.184. The Balaban J connectivity index is 1.73. The maximum Gasteiger partial charge on any atom is 0.0168 e. The summed E-state index contributed by atoms with van der Waals surface area (Å²) in [6, 6.07) is 0.433. The summed E-state index contributed by atoms with van der Waals surface area (Å²) < 4.78 is 0. The van der Waals surface area contributed by atoms with Gasteiger partial charge in [-0.15, -0.1) is 0 Å². The normalized spacial score (nSPS) is 36.7. The maximum atomic E-state index is 5.94. The van der Waals surface area contributed by atoms with Crippen LogP contribution in [0.25, 0.3) is 0 Å². The van der Waals surface area contributed by atoms with Crippen molar-refractivity contribution in [2.45, 2.75) is 25.3 Å². The summed E-state index contributed by atoms with van der Waals surface area (Å²) in [6.07, 6.45) is 3.87. The first-order valence-corrected chi connectivity index (χ1v) is 5.53. The van der Waals surface area contributed by atoms with Crippen molar-refractivity contribution in [2.75, 3.05) is 32.7 Å². The molecule has 3 heteroatoms. The van der Waals surface area contributed by atoms with Crippen LogP contribution in [-0.2, 0) is 0 Å². The van der Waals surface area contributed by atoms with Gasteiger partial charge in [-0.1, -0.05) is 0 Å². The van der Waals surface area contributed by atoms with Gasteiger partial charge in [-0.3, -0.25) is 0 Å². The van der Waals surface area contributed by atoms with Crippen LogP contribution in [0.2, 0.25) is 0 Å². The molecule has 3 N–H and O–H groups in total. The first-order chi connectivity index (χ1) is 6.34. The first kappa shape index (κ1) is 9.44. The van der Waals surface area contributed by atoms with E-state index >= 15 is 0 Å². The van der Waals surface area contributed by atoms with E-state index < -0.39 is 0 Å². The molecule has 0 amide bonds. The molecule has 2 fully saturated rings. The van der Waals surface area contributed by atoms with E-state index in [1.807, 2.05) is 0 Å². The molecule has 3 nitrogen and oxygen atoms in total. The zero-order chi connectivity index (χ0) is 9.10. The predicted molar refractivity (Wildman–Crippen MR) is 54.6 cm³/mol. The Morgan fingerprint density at radius 3 is 3.00 bits per heavy atom. The lowest BCUT2D eigenvalue weighted by Crippen LogP contribution is -2.44. The fourth-order valence-electron chi connectivity index (χ4n) is 2.49. The Kier molecular flexibility index (Phi) is 3.19. The molecule has 0 saturated carbocycles. The van der Waals surface area contributed by atoms with Crippen molar-refractivity contribution in [1.82, 2.24) is 10.2 Å². The molecule has 2 aliphatic heterocycles. The molecule has 0 aromatic rings. The van der Waals surface area contributed by atoms with E-state index in [0.29, 0.717) is 6.04 Å². The fourth-order valence-corrected chi connectivity index (χ4v) is 2.49. The molecule has 76 valence electrons. The summed E-state index contributed by atoms with van der Waals surface area (Å²) in [6.45, 7) is 6.08. The van der Waals surface area contributed by atoms with E-state index in [9.17, 15) is 0 Å². The Morgan fingerprint density at radius 1 is 1.38 bits per heavy atom. The number of nitrogens with zero attached hydrogens (tertiary/aromatic N) is 1. The van der Waals surface area contributed by atoms with E-state index in [-0.39, 0.29) is 0 Å². The number of hydrogen-bond donors (Lipinski definition) is 2. The Morgan fingerprint density at radius 2 is 2.31 bits per heavy atom. The summed E-state index contributed by atoms with van der Waals surface area (Å²) in [4.78, 5) is 2.55. The molecule has 0 spiro atoms. The fraction of sp³-hybridized carbons (Fsp3) is 1.00. The summed E-state index contributed by atoms with van der Waals surface area (Å²) in [7, 11) is 0. The topological polar surface area (TPSA) is 41.3 Å². The molecule has 2 atom stereocenters. The largest absolute Gasteiger partial charge is 0.327 e. The van der Waals surface area contributed by atoms with Crippen molar-refractivity contribution < 1.29 is 0 Å². The van der Waals surface area contributed by atoms with Crippen LogP contribution >= 0.6 is 0 Å². The van der Waals surface area contributed by atoms with Crippen molar-refractivity contribution in [3.8, 4) is 0 Å². The van der Waals surface area contributed by atoms with Crippen molar-refractivity contribution in [3.05, 3.63) is 0 Å². The van der Waals surface area contributed by atoms with Crippen LogP contribution in [-0.4, -0.2) is 43.7 Å². The maximum absolute atomic E-state index is 5.94. The van der Waals surface area contributed by atoms with Gasteiger partial charge in [0.05, 0.1) is 0 Å². The number of rotatable bonds is 2. The number of hydrogen-bond acceptors (Lipinski definition) is 3. The van der Waals surface area contributed by atoms with Gasteiger partial charge in [-0.05, 0) is 44.8 Å². The van der Waals surface area contributed by atoms with Crippen LogP contribution in [0.4, 0.5) is 0 Å². The molecule has 0 aromatic heterocycles. The highest BCUT2D eigenvalue weighted by atomic mass is 15.2.